The minimum Gasteiger partial charge on any atom is -0.325 e. The Labute approximate surface area is 207 Å². The number of hydrogen-bond donors (Lipinski definition) is 1. The van der Waals surface area contributed by atoms with Crippen LogP contribution in [0.3, 0.4) is 0 Å². The summed E-state index contributed by atoms with van der Waals surface area (Å²) in [6.45, 7) is 4.55. The van der Waals surface area contributed by atoms with Crippen molar-refractivity contribution in [3.8, 4) is 0 Å². The molecule has 2 aliphatic rings. The van der Waals surface area contributed by atoms with Gasteiger partial charge in [0.25, 0.3) is 5.56 Å². The molecule has 2 aromatic carbocycles. The number of hydrogen-bond acceptors (Lipinski definition) is 5. The fourth-order valence-corrected chi connectivity index (χ4v) is 4.97. The van der Waals surface area contributed by atoms with Gasteiger partial charge in [0.15, 0.2) is 0 Å². The highest BCUT2D eigenvalue weighted by Gasteiger charge is 2.22. The van der Waals surface area contributed by atoms with Gasteiger partial charge in [0.1, 0.15) is 5.82 Å². The zero-order valence-corrected chi connectivity index (χ0v) is 20.4. The molecule has 5 rings (SSSR count). The minimum absolute atomic E-state index is 0.0734. The number of allylic oxidation sites excluding steroid dienone is 1. The van der Waals surface area contributed by atoms with Crippen LogP contribution in [0.5, 0.6) is 0 Å². The summed E-state index contributed by atoms with van der Waals surface area (Å²) in [5, 5.41) is 4.58. The molecule has 1 N–H and O–H groups in total. The summed E-state index contributed by atoms with van der Waals surface area (Å²) in [5.41, 5.74) is 2.70. The lowest BCUT2D eigenvalue weighted by Crippen LogP contribution is -2.47. The van der Waals surface area contributed by atoms with Crippen LogP contribution in [0.1, 0.15) is 17.8 Å². The lowest BCUT2D eigenvalue weighted by molar-refractivity contribution is -0.117. The maximum absolute atomic E-state index is 13.1. The van der Waals surface area contributed by atoms with Crippen molar-refractivity contribution in [1.29, 1.82) is 0 Å². The first-order valence-electron chi connectivity index (χ1n) is 11.3. The molecule has 1 saturated heterocycles. The van der Waals surface area contributed by atoms with Gasteiger partial charge in [0, 0.05) is 54.0 Å². The van der Waals surface area contributed by atoms with Gasteiger partial charge in [-0.25, -0.2) is 4.98 Å². The summed E-state index contributed by atoms with van der Waals surface area (Å²) in [6.07, 6.45) is 2.57. The van der Waals surface area contributed by atoms with Crippen molar-refractivity contribution >= 4 is 57.3 Å². The molecule has 3 aromatic rings. The molecule has 7 nitrogen and oxygen atoms in total. The number of carbonyl (C=O) groups is 1. The molecule has 0 atom stereocenters. The Morgan fingerprint density at radius 3 is 2.56 bits per heavy atom. The molecule has 0 radical (unpaired) electrons. The van der Waals surface area contributed by atoms with Crippen LogP contribution in [0.25, 0.3) is 22.6 Å². The lowest BCUT2D eigenvalue weighted by Gasteiger charge is -2.31. The Balaban J connectivity index is 1.42. The largest absolute Gasteiger partial charge is 0.325 e. The summed E-state index contributed by atoms with van der Waals surface area (Å²) >= 11 is 12.7. The van der Waals surface area contributed by atoms with E-state index in [1.807, 2.05) is 6.08 Å². The Morgan fingerprint density at radius 1 is 1.09 bits per heavy atom. The smallest absolute Gasteiger partial charge is 0.261 e. The van der Waals surface area contributed by atoms with E-state index in [2.05, 4.69) is 22.2 Å². The predicted octanol–water partition coefficient (Wildman–Crippen LogP) is 3.83. The maximum Gasteiger partial charge on any atom is 0.261 e. The molecule has 1 amide bonds. The Kier molecular flexibility index (Phi) is 6.44. The molecule has 0 bridgehead atoms. The highest BCUT2D eigenvalue weighted by atomic mass is 35.5. The number of anilines is 1. The van der Waals surface area contributed by atoms with Crippen LogP contribution >= 0.6 is 23.2 Å². The molecule has 1 aromatic heterocycles. The van der Waals surface area contributed by atoms with Gasteiger partial charge in [0.05, 0.1) is 17.4 Å². The van der Waals surface area contributed by atoms with Crippen molar-refractivity contribution in [2.75, 3.05) is 45.1 Å². The van der Waals surface area contributed by atoms with E-state index >= 15 is 0 Å². The van der Waals surface area contributed by atoms with E-state index in [0.717, 1.165) is 31.8 Å². The molecule has 0 saturated carbocycles. The Bertz CT molecular complexity index is 1340. The SMILES string of the molecule is CN1CCN(CC(=O)Nc2ccc3c(=O)n4c(nc3c2)C(=Cc2c(Cl)cccc2Cl)CC4)CC1. The normalized spacial score (nSPS) is 17.9. The number of benzene rings is 2. The third-order valence-corrected chi connectivity index (χ3v) is 7.07. The zero-order valence-electron chi connectivity index (χ0n) is 18.9. The molecule has 176 valence electrons. The molecule has 1 fully saturated rings. The third kappa shape index (κ3) is 4.61. The van der Waals surface area contributed by atoms with Crippen molar-refractivity contribution in [2.45, 2.75) is 13.0 Å². The van der Waals surface area contributed by atoms with Crippen molar-refractivity contribution in [3.05, 3.63) is 68.2 Å². The number of halogens is 2. The van der Waals surface area contributed by atoms with E-state index < -0.39 is 0 Å². The molecule has 9 heteroatoms. The summed E-state index contributed by atoms with van der Waals surface area (Å²) in [5.74, 6) is 0.533. The lowest BCUT2D eigenvalue weighted by atomic mass is 10.1. The number of carbonyl (C=O) groups excluding carboxylic acids is 1. The number of nitrogens with zero attached hydrogens (tertiary/aromatic N) is 4. The average Bonchev–Trinajstić information content (AvgIpc) is 3.20. The summed E-state index contributed by atoms with van der Waals surface area (Å²) in [6, 6.07) is 10.6. The fraction of sp³-hybridized carbons (Fsp3) is 0.320. The molecule has 0 unspecified atom stereocenters. The molecule has 0 aliphatic carbocycles. The van der Waals surface area contributed by atoms with Crippen LogP contribution in [-0.4, -0.2) is 65.0 Å². The van der Waals surface area contributed by atoms with Gasteiger partial charge in [-0.1, -0.05) is 29.3 Å². The monoisotopic (exact) mass is 497 g/mol. The van der Waals surface area contributed by atoms with Crippen molar-refractivity contribution in [3.63, 3.8) is 0 Å². The van der Waals surface area contributed by atoms with Crippen LogP contribution in [0, 0.1) is 0 Å². The quantitative estimate of drug-likeness (QED) is 0.592. The van der Waals surface area contributed by atoms with E-state index in [1.54, 1.807) is 41.0 Å². The Morgan fingerprint density at radius 2 is 1.82 bits per heavy atom. The van der Waals surface area contributed by atoms with Crippen LogP contribution in [0.2, 0.25) is 10.0 Å². The van der Waals surface area contributed by atoms with Gasteiger partial charge in [-0.05, 0) is 55.4 Å². The second-order valence-corrected chi connectivity index (χ2v) is 9.62. The van der Waals surface area contributed by atoms with Crippen molar-refractivity contribution in [2.24, 2.45) is 0 Å². The first kappa shape index (κ1) is 23.1. The van der Waals surface area contributed by atoms with Crippen LogP contribution < -0.4 is 10.9 Å². The number of aromatic nitrogens is 2. The summed E-state index contributed by atoms with van der Waals surface area (Å²) in [4.78, 5) is 34.9. The summed E-state index contributed by atoms with van der Waals surface area (Å²) in [7, 11) is 2.09. The van der Waals surface area contributed by atoms with Gasteiger partial charge in [-0.2, -0.15) is 0 Å². The molecular formula is C25H25Cl2N5O2. The number of nitrogens with one attached hydrogen (secondary N) is 1. The second kappa shape index (κ2) is 9.50. The number of rotatable bonds is 4. The Hall–Kier alpha value is -2.71. The predicted molar refractivity (Wildman–Crippen MR) is 138 cm³/mol. The third-order valence-electron chi connectivity index (χ3n) is 6.41. The van der Waals surface area contributed by atoms with Crippen LogP contribution in [0.15, 0.2) is 41.2 Å². The van der Waals surface area contributed by atoms with E-state index in [1.165, 1.54) is 0 Å². The van der Waals surface area contributed by atoms with E-state index in [0.29, 0.717) is 57.5 Å². The van der Waals surface area contributed by atoms with Gasteiger partial charge in [-0.15, -0.1) is 0 Å². The number of fused-ring (bicyclic) bond motifs is 2. The standard InChI is InChI=1S/C25H25Cl2N5O2/c1-30-9-11-31(12-10-30)15-23(33)28-17-5-6-18-22(14-17)29-24-16(7-8-32(24)25(18)34)13-19-20(26)3-2-4-21(19)27/h2-6,13-14H,7-12,15H2,1H3,(H,28,33). The summed E-state index contributed by atoms with van der Waals surface area (Å²) < 4.78 is 1.69. The fourth-order valence-electron chi connectivity index (χ4n) is 4.46. The van der Waals surface area contributed by atoms with Crippen LogP contribution in [-0.2, 0) is 11.3 Å². The van der Waals surface area contributed by atoms with E-state index in [9.17, 15) is 9.59 Å². The van der Waals surface area contributed by atoms with Gasteiger partial charge >= 0.3 is 0 Å². The molecule has 3 heterocycles. The number of piperazine rings is 1. The average molecular weight is 498 g/mol. The van der Waals surface area contributed by atoms with Gasteiger partial charge in [-0.3, -0.25) is 19.1 Å². The number of amides is 1. The van der Waals surface area contributed by atoms with Crippen molar-refractivity contribution in [1.82, 2.24) is 19.4 Å². The molecule has 34 heavy (non-hydrogen) atoms. The second-order valence-electron chi connectivity index (χ2n) is 8.81. The maximum atomic E-state index is 13.1. The number of likely N-dealkylation sites (N-methyl/N-ethyl adjacent to an activating group) is 1. The topological polar surface area (TPSA) is 70.5 Å². The molecule has 0 spiro atoms. The van der Waals surface area contributed by atoms with Crippen LogP contribution in [0.4, 0.5) is 5.69 Å². The van der Waals surface area contributed by atoms with E-state index in [-0.39, 0.29) is 11.5 Å². The highest BCUT2D eigenvalue weighted by Crippen LogP contribution is 2.33. The van der Waals surface area contributed by atoms with Gasteiger partial charge < -0.3 is 10.2 Å². The van der Waals surface area contributed by atoms with Crippen molar-refractivity contribution < 1.29 is 4.79 Å². The zero-order chi connectivity index (χ0) is 23.8. The van der Waals surface area contributed by atoms with E-state index in [4.69, 9.17) is 28.2 Å². The highest BCUT2D eigenvalue weighted by molar-refractivity contribution is 6.37. The molecule has 2 aliphatic heterocycles. The first-order valence-corrected chi connectivity index (χ1v) is 12.0. The minimum atomic E-state index is -0.0935. The molecular weight excluding hydrogens is 473 g/mol. The first-order chi connectivity index (χ1) is 16.4. The van der Waals surface area contributed by atoms with Gasteiger partial charge in [0.2, 0.25) is 5.91 Å².